The van der Waals surface area contributed by atoms with Gasteiger partial charge in [-0.2, -0.15) is 0 Å². The molecule has 0 aromatic carbocycles. The third kappa shape index (κ3) is 2.56. The maximum atomic E-state index is 10.4. The van der Waals surface area contributed by atoms with Gasteiger partial charge in [0.1, 0.15) is 0 Å². The SMILES string of the molecule is Cl.O=C(O)CN1CC2CCC(C1)O2. The molecule has 2 aliphatic rings. The summed E-state index contributed by atoms with van der Waals surface area (Å²) in [5, 5.41) is 8.58. The van der Waals surface area contributed by atoms with Crippen molar-refractivity contribution >= 4 is 18.4 Å². The van der Waals surface area contributed by atoms with Crippen LogP contribution in [0.3, 0.4) is 0 Å². The molecule has 13 heavy (non-hydrogen) atoms. The smallest absolute Gasteiger partial charge is 0.317 e. The van der Waals surface area contributed by atoms with Crippen LogP contribution in [0.15, 0.2) is 0 Å². The molecule has 2 aliphatic heterocycles. The molecule has 0 radical (unpaired) electrons. The molecular formula is C8H14ClNO3. The first kappa shape index (κ1) is 10.8. The number of rotatable bonds is 2. The van der Waals surface area contributed by atoms with E-state index in [1.54, 1.807) is 0 Å². The number of fused-ring (bicyclic) bond motifs is 2. The number of carboxylic acid groups (broad SMARTS) is 1. The van der Waals surface area contributed by atoms with Crippen LogP contribution in [0, 0.1) is 0 Å². The van der Waals surface area contributed by atoms with E-state index in [1.165, 1.54) is 0 Å². The number of nitrogens with zero attached hydrogens (tertiary/aromatic N) is 1. The minimum absolute atomic E-state index is 0. The summed E-state index contributed by atoms with van der Waals surface area (Å²) in [5.74, 6) is -0.740. The fourth-order valence-corrected chi connectivity index (χ4v) is 2.02. The van der Waals surface area contributed by atoms with E-state index in [4.69, 9.17) is 9.84 Å². The van der Waals surface area contributed by atoms with E-state index >= 15 is 0 Å². The van der Waals surface area contributed by atoms with Crippen LogP contribution in [0.1, 0.15) is 12.8 Å². The highest BCUT2D eigenvalue weighted by molar-refractivity contribution is 5.85. The number of morpholine rings is 1. The van der Waals surface area contributed by atoms with Crippen LogP contribution in [0.5, 0.6) is 0 Å². The summed E-state index contributed by atoms with van der Waals surface area (Å²) in [4.78, 5) is 12.4. The van der Waals surface area contributed by atoms with Crippen LogP contribution in [-0.2, 0) is 9.53 Å². The second-order valence-corrected chi connectivity index (χ2v) is 3.55. The lowest BCUT2D eigenvalue weighted by Gasteiger charge is -2.30. The van der Waals surface area contributed by atoms with Crippen molar-refractivity contribution in [3.63, 3.8) is 0 Å². The van der Waals surface area contributed by atoms with E-state index in [1.807, 2.05) is 4.90 Å². The van der Waals surface area contributed by atoms with Gasteiger partial charge in [-0.3, -0.25) is 9.69 Å². The Bertz CT molecular complexity index is 188. The summed E-state index contributed by atoms with van der Waals surface area (Å²) < 4.78 is 5.57. The van der Waals surface area contributed by atoms with Gasteiger partial charge >= 0.3 is 5.97 Å². The lowest BCUT2D eigenvalue weighted by atomic mass is 10.2. The fraction of sp³-hybridized carbons (Fsp3) is 0.875. The topological polar surface area (TPSA) is 49.8 Å². The Hall–Kier alpha value is -0.320. The zero-order valence-corrected chi connectivity index (χ0v) is 8.13. The summed E-state index contributed by atoms with van der Waals surface area (Å²) in [6.07, 6.45) is 2.79. The Balaban J connectivity index is 0.000000845. The predicted octanol–water partition coefficient (Wildman–Crippen LogP) is 0.356. The number of carbonyl (C=O) groups is 1. The van der Waals surface area contributed by atoms with E-state index in [9.17, 15) is 4.79 Å². The molecule has 2 atom stereocenters. The molecule has 2 unspecified atom stereocenters. The van der Waals surface area contributed by atoms with Gasteiger partial charge in [0, 0.05) is 13.1 Å². The third-order valence-electron chi connectivity index (χ3n) is 2.48. The molecule has 0 aliphatic carbocycles. The van der Waals surface area contributed by atoms with E-state index in [-0.39, 0.29) is 19.0 Å². The van der Waals surface area contributed by atoms with Crippen molar-refractivity contribution < 1.29 is 14.6 Å². The molecule has 0 saturated carbocycles. The zero-order chi connectivity index (χ0) is 8.55. The highest BCUT2D eigenvalue weighted by atomic mass is 35.5. The average Bonchev–Trinajstić information content (AvgIpc) is 2.29. The van der Waals surface area contributed by atoms with Gasteiger partial charge in [0.15, 0.2) is 0 Å². The number of ether oxygens (including phenoxy) is 1. The van der Waals surface area contributed by atoms with E-state index in [2.05, 4.69) is 0 Å². The number of carboxylic acids is 1. The molecule has 1 N–H and O–H groups in total. The fourth-order valence-electron chi connectivity index (χ4n) is 2.02. The number of hydrogen-bond acceptors (Lipinski definition) is 3. The monoisotopic (exact) mass is 207 g/mol. The van der Waals surface area contributed by atoms with Crippen molar-refractivity contribution in [3.8, 4) is 0 Å². The molecule has 2 fully saturated rings. The summed E-state index contributed by atoms with van der Waals surface area (Å²) in [6.45, 7) is 1.75. The van der Waals surface area contributed by atoms with Crippen molar-refractivity contribution in [1.82, 2.24) is 4.90 Å². The maximum absolute atomic E-state index is 10.4. The first-order valence-electron chi connectivity index (χ1n) is 4.33. The van der Waals surface area contributed by atoms with Crippen LogP contribution < -0.4 is 0 Å². The minimum Gasteiger partial charge on any atom is -0.480 e. The Morgan fingerprint density at radius 2 is 1.92 bits per heavy atom. The van der Waals surface area contributed by atoms with E-state index in [0.29, 0.717) is 12.2 Å². The number of hydrogen-bond donors (Lipinski definition) is 1. The number of aliphatic carboxylic acids is 1. The van der Waals surface area contributed by atoms with Crippen molar-refractivity contribution in [2.45, 2.75) is 25.0 Å². The molecule has 2 bridgehead atoms. The first-order valence-corrected chi connectivity index (χ1v) is 4.33. The van der Waals surface area contributed by atoms with Crippen LogP contribution in [-0.4, -0.2) is 47.8 Å². The maximum Gasteiger partial charge on any atom is 0.317 e. The van der Waals surface area contributed by atoms with Crippen LogP contribution in [0.4, 0.5) is 0 Å². The van der Waals surface area contributed by atoms with Crippen molar-refractivity contribution in [2.75, 3.05) is 19.6 Å². The standard InChI is InChI=1S/C8H13NO3.ClH/c10-8(11)5-9-3-6-1-2-7(4-9)12-6;/h6-7H,1-5H2,(H,10,11);1H. The quantitative estimate of drug-likeness (QED) is 0.710. The molecule has 0 spiro atoms. The van der Waals surface area contributed by atoms with Gasteiger partial charge in [-0.05, 0) is 12.8 Å². The van der Waals surface area contributed by atoms with Crippen molar-refractivity contribution in [2.24, 2.45) is 0 Å². The highest BCUT2D eigenvalue weighted by Gasteiger charge is 2.33. The van der Waals surface area contributed by atoms with E-state index < -0.39 is 5.97 Å². The normalized spacial score (nSPS) is 32.6. The molecule has 4 nitrogen and oxygen atoms in total. The van der Waals surface area contributed by atoms with Crippen molar-refractivity contribution in [1.29, 1.82) is 0 Å². The zero-order valence-electron chi connectivity index (χ0n) is 7.31. The number of halogens is 1. The second kappa shape index (κ2) is 4.26. The third-order valence-corrected chi connectivity index (χ3v) is 2.48. The number of likely N-dealkylation sites (tertiary alicyclic amines) is 1. The van der Waals surface area contributed by atoms with E-state index in [0.717, 1.165) is 25.9 Å². The van der Waals surface area contributed by atoms with Gasteiger partial charge < -0.3 is 9.84 Å². The molecule has 2 saturated heterocycles. The minimum atomic E-state index is -0.740. The lowest BCUT2D eigenvalue weighted by molar-refractivity contribution is -0.140. The Labute approximate surface area is 83.3 Å². The lowest BCUT2D eigenvalue weighted by Crippen LogP contribution is -2.44. The van der Waals surface area contributed by atoms with Gasteiger partial charge in [-0.1, -0.05) is 0 Å². The van der Waals surface area contributed by atoms with Gasteiger partial charge in [0.2, 0.25) is 0 Å². The van der Waals surface area contributed by atoms with Crippen LogP contribution in [0.25, 0.3) is 0 Å². The van der Waals surface area contributed by atoms with Gasteiger partial charge in [-0.15, -0.1) is 12.4 Å². The van der Waals surface area contributed by atoms with Gasteiger partial charge in [0.25, 0.3) is 0 Å². The molecule has 76 valence electrons. The molecule has 0 amide bonds. The summed E-state index contributed by atoms with van der Waals surface area (Å²) in [7, 11) is 0. The first-order chi connectivity index (χ1) is 5.74. The highest BCUT2D eigenvalue weighted by Crippen LogP contribution is 2.25. The molecule has 2 rings (SSSR count). The van der Waals surface area contributed by atoms with Gasteiger partial charge in [-0.25, -0.2) is 0 Å². The summed E-state index contributed by atoms with van der Waals surface area (Å²) in [5.41, 5.74) is 0. The van der Waals surface area contributed by atoms with Crippen LogP contribution in [0.2, 0.25) is 0 Å². The molecule has 2 heterocycles. The van der Waals surface area contributed by atoms with Crippen LogP contribution >= 0.6 is 12.4 Å². The Morgan fingerprint density at radius 3 is 2.38 bits per heavy atom. The molecule has 0 aromatic rings. The Morgan fingerprint density at radius 1 is 1.38 bits per heavy atom. The largest absolute Gasteiger partial charge is 0.480 e. The predicted molar refractivity (Wildman–Crippen MR) is 49.2 cm³/mol. The Kier molecular flexibility index (Phi) is 3.53. The van der Waals surface area contributed by atoms with Gasteiger partial charge in [0.05, 0.1) is 18.8 Å². The van der Waals surface area contributed by atoms with Crippen molar-refractivity contribution in [3.05, 3.63) is 0 Å². The summed E-state index contributed by atoms with van der Waals surface area (Å²) in [6, 6.07) is 0. The average molecular weight is 208 g/mol. The second-order valence-electron chi connectivity index (χ2n) is 3.55. The molecule has 0 aromatic heterocycles. The molecule has 5 heteroatoms. The summed E-state index contributed by atoms with van der Waals surface area (Å²) >= 11 is 0. The molecular weight excluding hydrogens is 194 g/mol.